The number of pyridine rings is 1. The van der Waals surface area contributed by atoms with E-state index in [0.29, 0.717) is 17.1 Å². The molecule has 1 aliphatic heterocycles. The van der Waals surface area contributed by atoms with E-state index < -0.39 is 0 Å². The van der Waals surface area contributed by atoms with Crippen molar-refractivity contribution in [3.05, 3.63) is 111 Å². The van der Waals surface area contributed by atoms with Crippen molar-refractivity contribution in [2.45, 2.75) is 19.0 Å². The zero-order valence-corrected chi connectivity index (χ0v) is 19.8. The number of hydrogen-bond donors (Lipinski definition) is 0. The molecule has 1 aliphatic rings. The first-order chi connectivity index (χ1) is 16.5. The van der Waals surface area contributed by atoms with Crippen LogP contribution in [0.15, 0.2) is 71.9 Å². The van der Waals surface area contributed by atoms with Crippen molar-refractivity contribution < 1.29 is 0 Å². The fourth-order valence-electron chi connectivity index (χ4n) is 4.90. The number of rotatable bonds is 4. The third-order valence-corrected chi connectivity index (χ3v) is 6.90. The van der Waals surface area contributed by atoms with E-state index >= 15 is 0 Å². The maximum absolute atomic E-state index is 12.8. The van der Waals surface area contributed by atoms with Gasteiger partial charge in [-0.2, -0.15) is 5.26 Å². The van der Waals surface area contributed by atoms with Gasteiger partial charge in [0.1, 0.15) is 0 Å². The number of fused-ring (bicyclic) bond motifs is 1. The fourth-order valence-corrected chi connectivity index (χ4v) is 5.09. The second-order valence-corrected chi connectivity index (χ2v) is 9.11. The van der Waals surface area contributed by atoms with Crippen LogP contribution in [0.25, 0.3) is 11.1 Å². The van der Waals surface area contributed by atoms with Crippen molar-refractivity contribution in [1.82, 2.24) is 19.0 Å². The van der Waals surface area contributed by atoms with E-state index in [9.17, 15) is 10.1 Å². The molecule has 4 aromatic rings. The molecule has 0 N–H and O–H groups in total. The van der Waals surface area contributed by atoms with E-state index in [1.54, 1.807) is 10.6 Å². The summed E-state index contributed by atoms with van der Waals surface area (Å²) in [5.74, 6) is 0. The number of aromatic nitrogens is 3. The van der Waals surface area contributed by atoms with Gasteiger partial charge in [-0.15, -0.1) is 0 Å². The van der Waals surface area contributed by atoms with Gasteiger partial charge in [-0.05, 0) is 46.5 Å². The first kappa shape index (κ1) is 22.1. The second-order valence-electron chi connectivity index (χ2n) is 8.68. The van der Waals surface area contributed by atoms with Gasteiger partial charge < -0.3 is 9.13 Å². The quantitative estimate of drug-likeness (QED) is 0.442. The summed E-state index contributed by atoms with van der Waals surface area (Å²) in [5.41, 5.74) is 6.85. The van der Waals surface area contributed by atoms with Crippen molar-refractivity contribution >= 4 is 11.6 Å². The molecule has 2 aromatic heterocycles. The smallest absolute Gasteiger partial charge is 0.251 e. The Bertz CT molecular complexity index is 1460. The Morgan fingerprint density at radius 2 is 1.91 bits per heavy atom. The number of halogens is 1. The third-order valence-electron chi connectivity index (χ3n) is 6.66. The molecule has 1 atom stereocenters. The summed E-state index contributed by atoms with van der Waals surface area (Å²) in [6.07, 6.45) is 4.46. The molecule has 0 bridgehead atoms. The van der Waals surface area contributed by atoms with Crippen molar-refractivity contribution in [3.8, 4) is 17.2 Å². The summed E-state index contributed by atoms with van der Waals surface area (Å²) >= 11 is 6.29. The first-order valence-corrected chi connectivity index (χ1v) is 11.5. The molecule has 1 unspecified atom stereocenters. The Morgan fingerprint density at radius 1 is 1.12 bits per heavy atom. The van der Waals surface area contributed by atoms with Crippen LogP contribution in [0.1, 0.15) is 34.1 Å². The lowest BCUT2D eigenvalue weighted by Gasteiger charge is -2.37. The number of aryl methyl sites for hydroxylation is 1. The molecule has 3 heterocycles. The van der Waals surface area contributed by atoms with Crippen LogP contribution in [-0.4, -0.2) is 25.6 Å². The summed E-state index contributed by atoms with van der Waals surface area (Å²) in [6, 6.07) is 19.3. The van der Waals surface area contributed by atoms with Crippen LogP contribution in [0.4, 0.5) is 0 Å². The predicted octanol–water partition coefficient (Wildman–Crippen LogP) is 4.46. The molecule has 2 aromatic carbocycles. The molecule has 6 nitrogen and oxygen atoms in total. The minimum Gasteiger partial charge on any atom is -0.336 e. The van der Waals surface area contributed by atoms with Gasteiger partial charge in [0.05, 0.1) is 35.9 Å². The normalized spacial score (nSPS) is 14.4. The molecule has 5 rings (SSSR count). The SMILES string of the molecule is Cn1cncc1C(c1ccc(C#N)cc1)N1CCc2c(c(-c3cccc(Cl)c3)cc(=O)n2C)C1. The van der Waals surface area contributed by atoms with Crippen LogP contribution in [0, 0.1) is 11.3 Å². The van der Waals surface area contributed by atoms with Crippen molar-refractivity contribution in [3.63, 3.8) is 0 Å². The van der Waals surface area contributed by atoms with E-state index in [0.717, 1.165) is 46.6 Å². The molecule has 0 aliphatic carbocycles. The minimum absolute atomic E-state index is 0.0162. The third kappa shape index (κ3) is 3.94. The summed E-state index contributed by atoms with van der Waals surface area (Å²) in [7, 11) is 3.84. The summed E-state index contributed by atoms with van der Waals surface area (Å²) < 4.78 is 3.80. The maximum atomic E-state index is 12.8. The largest absolute Gasteiger partial charge is 0.336 e. The van der Waals surface area contributed by atoms with Crippen molar-refractivity contribution in [1.29, 1.82) is 5.26 Å². The Hall–Kier alpha value is -3.66. The molecular formula is C27H24ClN5O. The average Bonchev–Trinajstić information content (AvgIpc) is 3.27. The highest BCUT2D eigenvalue weighted by atomic mass is 35.5. The van der Waals surface area contributed by atoms with Crippen LogP contribution in [-0.2, 0) is 27.1 Å². The van der Waals surface area contributed by atoms with Gasteiger partial charge >= 0.3 is 0 Å². The highest BCUT2D eigenvalue weighted by Crippen LogP contribution is 2.36. The molecular weight excluding hydrogens is 446 g/mol. The Balaban J connectivity index is 1.63. The Labute approximate surface area is 203 Å². The van der Waals surface area contributed by atoms with Crippen LogP contribution in [0.5, 0.6) is 0 Å². The van der Waals surface area contributed by atoms with E-state index in [-0.39, 0.29) is 11.6 Å². The Morgan fingerprint density at radius 3 is 2.59 bits per heavy atom. The monoisotopic (exact) mass is 469 g/mol. The molecule has 170 valence electrons. The number of hydrogen-bond acceptors (Lipinski definition) is 4. The van der Waals surface area contributed by atoms with Crippen LogP contribution >= 0.6 is 11.6 Å². The van der Waals surface area contributed by atoms with Gasteiger partial charge in [0.2, 0.25) is 0 Å². The number of nitriles is 1. The molecule has 34 heavy (non-hydrogen) atoms. The second kappa shape index (κ2) is 8.94. The van der Waals surface area contributed by atoms with Gasteiger partial charge in [-0.3, -0.25) is 9.69 Å². The lowest BCUT2D eigenvalue weighted by atomic mass is 9.92. The zero-order valence-electron chi connectivity index (χ0n) is 19.1. The van der Waals surface area contributed by atoms with E-state index in [1.807, 2.05) is 79.7 Å². The van der Waals surface area contributed by atoms with E-state index in [1.165, 1.54) is 0 Å². The molecule has 0 radical (unpaired) electrons. The average molecular weight is 470 g/mol. The van der Waals surface area contributed by atoms with Gasteiger partial charge in [-0.1, -0.05) is 35.9 Å². The molecule has 7 heteroatoms. The first-order valence-electron chi connectivity index (χ1n) is 11.1. The van der Waals surface area contributed by atoms with Crippen molar-refractivity contribution in [2.75, 3.05) is 6.54 Å². The van der Waals surface area contributed by atoms with E-state index in [2.05, 4.69) is 16.0 Å². The summed E-state index contributed by atoms with van der Waals surface area (Å²) in [6.45, 7) is 1.45. The number of imidazole rings is 1. The van der Waals surface area contributed by atoms with Gasteiger partial charge in [0.25, 0.3) is 5.56 Å². The highest BCUT2D eigenvalue weighted by molar-refractivity contribution is 6.30. The highest BCUT2D eigenvalue weighted by Gasteiger charge is 2.30. The molecule has 0 fully saturated rings. The Kier molecular flexibility index (Phi) is 5.82. The summed E-state index contributed by atoms with van der Waals surface area (Å²) in [4.78, 5) is 19.6. The van der Waals surface area contributed by atoms with Gasteiger partial charge in [0, 0.05) is 50.4 Å². The lowest BCUT2D eigenvalue weighted by Crippen LogP contribution is -2.38. The van der Waals surface area contributed by atoms with E-state index in [4.69, 9.17) is 11.6 Å². The zero-order chi connectivity index (χ0) is 23.8. The van der Waals surface area contributed by atoms with Gasteiger partial charge in [0.15, 0.2) is 0 Å². The molecule has 0 saturated heterocycles. The van der Waals surface area contributed by atoms with Crippen LogP contribution in [0.3, 0.4) is 0 Å². The topological polar surface area (TPSA) is 66.8 Å². The lowest BCUT2D eigenvalue weighted by molar-refractivity contribution is 0.197. The van der Waals surface area contributed by atoms with Crippen LogP contribution < -0.4 is 5.56 Å². The fraction of sp³-hybridized carbons (Fsp3) is 0.222. The van der Waals surface area contributed by atoms with Crippen LogP contribution in [0.2, 0.25) is 5.02 Å². The number of benzene rings is 2. The maximum Gasteiger partial charge on any atom is 0.251 e. The summed E-state index contributed by atoms with van der Waals surface area (Å²) in [5, 5.41) is 9.89. The minimum atomic E-state index is -0.0437. The van der Waals surface area contributed by atoms with Gasteiger partial charge in [-0.25, -0.2) is 4.98 Å². The standard InChI is InChI=1S/C27H24ClN5O/c1-31-17-30-15-25(31)27(19-8-6-18(14-29)7-9-19)33-11-10-24-23(16-33)22(13-26(34)32(24)2)20-4-3-5-21(28)12-20/h3-9,12-13,15,17,27H,10-11,16H2,1-2H3. The molecule has 0 saturated carbocycles. The predicted molar refractivity (Wildman–Crippen MR) is 132 cm³/mol. The molecule has 0 amide bonds. The number of nitrogens with zero attached hydrogens (tertiary/aromatic N) is 5. The molecule has 0 spiro atoms. The van der Waals surface area contributed by atoms with Crippen molar-refractivity contribution in [2.24, 2.45) is 14.1 Å².